The second-order valence-electron chi connectivity index (χ2n) is 7.57. The molecule has 2 N–H and O–H groups in total. The Labute approximate surface area is 179 Å². The minimum Gasteiger partial charge on any atom is -0.492 e. The minimum absolute atomic E-state index is 0.684. The first kappa shape index (κ1) is 21.7. The Bertz CT molecular complexity index is 947. The fraction of sp³-hybridized carbons (Fsp3) is 0.375. The third-order valence-electron chi connectivity index (χ3n) is 4.94. The Hall–Kier alpha value is -2.99. The van der Waals surface area contributed by atoms with Gasteiger partial charge in [0, 0.05) is 44.9 Å². The van der Waals surface area contributed by atoms with E-state index in [-0.39, 0.29) is 0 Å². The number of guanidine groups is 1. The summed E-state index contributed by atoms with van der Waals surface area (Å²) in [7, 11) is 5.89. The molecule has 0 fully saturated rings. The van der Waals surface area contributed by atoms with Crippen molar-refractivity contribution >= 4 is 16.9 Å². The summed E-state index contributed by atoms with van der Waals surface area (Å²) >= 11 is 0. The van der Waals surface area contributed by atoms with Crippen molar-refractivity contribution in [3.05, 3.63) is 66.4 Å². The van der Waals surface area contributed by atoms with Crippen LogP contribution in [0.1, 0.15) is 12.0 Å². The van der Waals surface area contributed by atoms with Crippen molar-refractivity contribution in [3.8, 4) is 5.75 Å². The van der Waals surface area contributed by atoms with Gasteiger partial charge in [-0.1, -0.05) is 30.3 Å². The lowest BCUT2D eigenvalue weighted by Crippen LogP contribution is -2.37. The van der Waals surface area contributed by atoms with E-state index < -0.39 is 0 Å². The third-order valence-corrected chi connectivity index (χ3v) is 4.94. The van der Waals surface area contributed by atoms with Crippen molar-refractivity contribution in [2.75, 3.05) is 40.8 Å². The summed E-state index contributed by atoms with van der Waals surface area (Å²) < 4.78 is 8.12. The van der Waals surface area contributed by atoms with Crippen LogP contribution in [0.3, 0.4) is 0 Å². The van der Waals surface area contributed by atoms with Gasteiger partial charge >= 0.3 is 0 Å². The molecule has 30 heavy (non-hydrogen) atoms. The molecule has 0 aliphatic heterocycles. The van der Waals surface area contributed by atoms with Gasteiger partial charge in [0.2, 0.25) is 0 Å². The highest BCUT2D eigenvalue weighted by Crippen LogP contribution is 2.15. The lowest BCUT2D eigenvalue weighted by molar-refractivity contribution is 0.261. The topological polar surface area (TPSA) is 53.8 Å². The van der Waals surface area contributed by atoms with Crippen LogP contribution in [-0.2, 0) is 13.1 Å². The average Bonchev–Trinajstić information content (AvgIpc) is 3.16. The van der Waals surface area contributed by atoms with Crippen LogP contribution in [0, 0.1) is 0 Å². The molecular formula is C24H33N5O. The first-order chi connectivity index (χ1) is 14.7. The number of fused-ring (bicyclic) bond motifs is 1. The number of likely N-dealkylation sites (N-methyl/N-ethyl adjacent to an activating group) is 1. The van der Waals surface area contributed by atoms with E-state index in [1.807, 2.05) is 26.2 Å². The average molecular weight is 408 g/mol. The van der Waals surface area contributed by atoms with E-state index in [2.05, 4.69) is 73.8 Å². The number of benzene rings is 2. The summed E-state index contributed by atoms with van der Waals surface area (Å²) in [6.45, 7) is 4.12. The first-order valence-corrected chi connectivity index (χ1v) is 10.5. The largest absolute Gasteiger partial charge is 0.492 e. The first-order valence-electron chi connectivity index (χ1n) is 10.5. The predicted molar refractivity (Wildman–Crippen MR) is 125 cm³/mol. The summed E-state index contributed by atoms with van der Waals surface area (Å²) in [6, 6.07) is 18.8. The molecule has 0 saturated heterocycles. The molecule has 160 valence electrons. The second-order valence-corrected chi connectivity index (χ2v) is 7.57. The monoisotopic (exact) mass is 407 g/mol. The molecule has 0 amide bonds. The van der Waals surface area contributed by atoms with Gasteiger partial charge in [0.15, 0.2) is 5.96 Å². The molecule has 0 aliphatic carbocycles. The number of hydrogen-bond donors (Lipinski definition) is 2. The number of para-hydroxylation sites is 1. The molecule has 0 spiro atoms. The van der Waals surface area contributed by atoms with Crippen molar-refractivity contribution in [3.63, 3.8) is 0 Å². The van der Waals surface area contributed by atoms with Crippen molar-refractivity contribution < 1.29 is 4.74 Å². The molecule has 6 heteroatoms. The highest BCUT2D eigenvalue weighted by molar-refractivity contribution is 5.80. The lowest BCUT2D eigenvalue weighted by Gasteiger charge is -2.14. The molecule has 3 aromatic rings. The van der Waals surface area contributed by atoms with E-state index >= 15 is 0 Å². The summed E-state index contributed by atoms with van der Waals surface area (Å²) in [6.07, 6.45) is 3.18. The van der Waals surface area contributed by atoms with Gasteiger partial charge in [0.05, 0.1) is 0 Å². The van der Waals surface area contributed by atoms with Gasteiger partial charge in [0.1, 0.15) is 12.4 Å². The highest BCUT2D eigenvalue weighted by Gasteiger charge is 2.02. The zero-order valence-electron chi connectivity index (χ0n) is 18.3. The maximum Gasteiger partial charge on any atom is 0.191 e. The molecule has 3 rings (SSSR count). The van der Waals surface area contributed by atoms with Crippen LogP contribution in [0.5, 0.6) is 5.75 Å². The van der Waals surface area contributed by atoms with Gasteiger partial charge in [-0.25, -0.2) is 0 Å². The van der Waals surface area contributed by atoms with Gasteiger partial charge < -0.3 is 24.8 Å². The summed E-state index contributed by atoms with van der Waals surface area (Å²) in [4.78, 5) is 6.44. The highest BCUT2D eigenvalue weighted by atomic mass is 16.5. The van der Waals surface area contributed by atoms with Crippen LogP contribution in [0.2, 0.25) is 0 Å². The van der Waals surface area contributed by atoms with Crippen LogP contribution < -0.4 is 15.4 Å². The number of hydrogen-bond acceptors (Lipinski definition) is 3. The fourth-order valence-corrected chi connectivity index (χ4v) is 3.29. The Morgan fingerprint density at radius 3 is 2.77 bits per heavy atom. The maximum atomic E-state index is 5.82. The molecule has 0 bridgehead atoms. The number of ether oxygens (including phenoxy) is 1. The van der Waals surface area contributed by atoms with E-state index in [1.54, 1.807) is 7.05 Å². The molecule has 2 aromatic carbocycles. The number of nitrogens with one attached hydrogen (secondary N) is 2. The summed E-state index contributed by atoms with van der Waals surface area (Å²) in [5, 5.41) is 8.07. The molecule has 1 heterocycles. The minimum atomic E-state index is 0.684. The number of aliphatic imine (C=N–C) groups is 1. The van der Waals surface area contributed by atoms with Crippen molar-refractivity contribution in [2.24, 2.45) is 4.99 Å². The van der Waals surface area contributed by atoms with E-state index in [0.717, 1.165) is 37.8 Å². The van der Waals surface area contributed by atoms with E-state index in [9.17, 15) is 0 Å². The Morgan fingerprint density at radius 2 is 1.93 bits per heavy atom. The van der Waals surface area contributed by atoms with Crippen LogP contribution >= 0.6 is 0 Å². The van der Waals surface area contributed by atoms with Gasteiger partial charge in [-0.15, -0.1) is 0 Å². The van der Waals surface area contributed by atoms with E-state index in [0.29, 0.717) is 13.2 Å². The third kappa shape index (κ3) is 6.52. The van der Waals surface area contributed by atoms with Gasteiger partial charge in [-0.05, 0) is 55.7 Å². The van der Waals surface area contributed by atoms with Crippen molar-refractivity contribution in [2.45, 2.75) is 19.5 Å². The summed E-state index contributed by atoms with van der Waals surface area (Å²) in [5.41, 5.74) is 2.45. The van der Waals surface area contributed by atoms with Crippen LogP contribution in [0.4, 0.5) is 0 Å². The second kappa shape index (κ2) is 11.3. The number of nitrogens with zero attached hydrogens (tertiary/aromatic N) is 3. The molecule has 1 aromatic heterocycles. The Kier molecular flexibility index (Phi) is 8.15. The smallest absolute Gasteiger partial charge is 0.191 e. The number of rotatable bonds is 10. The molecule has 0 saturated carbocycles. The van der Waals surface area contributed by atoms with Gasteiger partial charge in [0.25, 0.3) is 0 Å². The molecule has 6 nitrogen and oxygen atoms in total. The Balaban J connectivity index is 1.40. The summed E-state index contributed by atoms with van der Waals surface area (Å²) in [5.74, 6) is 1.71. The zero-order valence-corrected chi connectivity index (χ0v) is 18.3. The SMILES string of the molecule is CN=C(NCCCn1ccc2ccccc21)NCc1cccc(OCCN(C)C)c1. The van der Waals surface area contributed by atoms with Crippen molar-refractivity contribution in [1.29, 1.82) is 0 Å². The van der Waals surface area contributed by atoms with E-state index in [4.69, 9.17) is 4.74 Å². The zero-order chi connectivity index (χ0) is 21.2. The van der Waals surface area contributed by atoms with E-state index in [1.165, 1.54) is 16.5 Å². The number of aryl methyl sites for hydroxylation is 1. The molecule has 0 aliphatic rings. The molecule has 0 atom stereocenters. The Morgan fingerprint density at radius 1 is 1.07 bits per heavy atom. The predicted octanol–water partition coefficient (Wildman–Crippen LogP) is 3.34. The number of aromatic nitrogens is 1. The molecule has 0 radical (unpaired) electrons. The quantitative estimate of drug-likeness (QED) is 0.307. The van der Waals surface area contributed by atoms with Crippen LogP contribution in [0.25, 0.3) is 10.9 Å². The normalized spacial score (nSPS) is 11.8. The standard InChI is InChI=1S/C24H33N5O/c1-25-24(26-13-7-14-29-15-12-21-9-4-5-11-23(21)29)27-19-20-8-6-10-22(18-20)30-17-16-28(2)3/h4-6,8-12,15,18H,7,13-14,16-17,19H2,1-3H3,(H2,25,26,27). The molecular weight excluding hydrogens is 374 g/mol. The molecule has 0 unspecified atom stereocenters. The fourth-order valence-electron chi connectivity index (χ4n) is 3.29. The van der Waals surface area contributed by atoms with Crippen LogP contribution in [-0.4, -0.2) is 56.3 Å². The van der Waals surface area contributed by atoms with Gasteiger partial charge in [-0.3, -0.25) is 4.99 Å². The lowest BCUT2D eigenvalue weighted by atomic mass is 10.2. The van der Waals surface area contributed by atoms with Crippen molar-refractivity contribution in [1.82, 2.24) is 20.1 Å². The van der Waals surface area contributed by atoms with Crippen LogP contribution in [0.15, 0.2) is 65.8 Å². The maximum absolute atomic E-state index is 5.82. The van der Waals surface area contributed by atoms with Gasteiger partial charge in [-0.2, -0.15) is 0 Å².